The highest BCUT2D eigenvalue weighted by molar-refractivity contribution is 7.09. The first-order valence-electron chi connectivity index (χ1n) is 11.3. The molecule has 34 heavy (non-hydrogen) atoms. The van der Waals surface area contributed by atoms with Gasteiger partial charge < -0.3 is 15.0 Å². The summed E-state index contributed by atoms with van der Waals surface area (Å²) >= 11 is 1.60. The summed E-state index contributed by atoms with van der Waals surface area (Å²) in [6.45, 7) is 6.99. The van der Waals surface area contributed by atoms with E-state index < -0.39 is 0 Å². The lowest BCUT2D eigenvalue weighted by molar-refractivity contribution is 0.0951. The molecule has 0 spiro atoms. The number of hydrogen-bond donors (Lipinski definition) is 1. The van der Waals surface area contributed by atoms with Crippen molar-refractivity contribution in [2.24, 2.45) is 0 Å². The van der Waals surface area contributed by atoms with Crippen LogP contribution in [0, 0.1) is 13.8 Å². The molecule has 1 aliphatic rings. The number of carbonyl (C=O) groups excluding carboxylic acids is 1. The fourth-order valence-electron chi connectivity index (χ4n) is 4.07. The molecule has 1 fully saturated rings. The molecule has 1 aliphatic heterocycles. The minimum absolute atomic E-state index is 0.153. The van der Waals surface area contributed by atoms with E-state index in [4.69, 9.17) is 9.72 Å². The van der Waals surface area contributed by atoms with Crippen LogP contribution >= 0.6 is 11.3 Å². The largest absolute Gasteiger partial charge is 0.378 e. The number of carbonyl (C=O) groups is 1. The van der Waals surface area contributed by atoms with Gasteiger partial charge >= 0.3 is 0 Å². The number of amides is 1. The van der Waals surface area contributed by atoms with E-state index in [1.807, 2.05) is 42.6 Å². The number of hydrogen-bond acceptors (Lipinski definition) is 6. The Bertz CT molecular complexity index is 1410. The van der Waals surface area contributed by atoms with Gasteiger partial charge in [-0.15, -0.1) is 11.3 Å². The van der Waals surface area contributed by atoms with E-state index in [0.29, 0.717) is 55.3 Å². The van der Waals surface area contributed by atoms with Crippen molar-refractivity contribution in [1.82, 2.24) is 14.9 Å². The van der Waals surface area contributed by atoms with Gasteiger partial charge in [-0.1, -0.05) is 12.1 Å². The molecule has 0 unspecified atom stereocenters. The zero-order chi connectivity index (χ0) is 23.7. The molecule has 5 rings (SSSR count). The second-order valence-corrected chi connectivity index (χ2v) is 9.45. The highest BCUT2D eigenvalue weighted by Crippen LogP contribution is 2.23. The first-order valence-corrected chi connectivity index (χ1v) is 12.2. The van der Waals surface area contributed by atoms with Crippen molar-refractivity contribution in [2.75, 3.05) is 31.2 Å². The van der Waals surface area contributed by atoms with Crippen molar-refractivity contribution in [1.29, 1.82) is 0 Å². The summed E-state index contributed by atoms with van der Waals surface area (Å²) in [5, 5.41) is 5.40. The zero-order valence-electron chi connectivity index (χ0n) is 19.2. The van der Waals surface area contributed by atoms with E-state index in [-0.39, 0.29) is 11.5 Å². The second kappa shape index (κ2) is 9.40. The second-order valence-electron chi connectivity index (χ2n) is 8.41. The number of fused-ring (bicyclic) bond motifs is 1. The van der Waals surface area contributed by atoms with Crippen LogP contribution in [0.15, 0.2) is 58.7 Å². The standard InChI is InChI=1S/C26H26N4O3S/c1-17-5-7-20(14-18(17)2)30-25(32)22-8-6-19(24(31)27-16-21-4-3-13-34-21)15-23(22)28-26(30)29-9-11-33-12-10-29/h3-8,13-15H,9-12,16H2,1-2H3,(H,27,31). The van der Waals surface area contributed by atoms with Gasteiger partial charge in [0, 0.05) is 23.5 Å². The van der Waals surface area contributed by atoms with Crippen LogP contribution < -0.4 is 15.8 Å². The number of thiophene rings is 1. The van der Waals surface area contributed by atoms with Crippen LogP contribution in [0.1, 0.15) is 26.4 Å². The normalized spacial score (nSPS) is 13.9. The van der Waals surface area contributed by atoms with Crippen molar-refractivity contribution >= 4 is 34.1 Å². The number of aromatic nitrogens is 2. The molecule has 0 aliphatic carbocycles. The van der Waals surface area contributed by atoms with Gasteiger partial charge in [-0.2, -0.15) is 0 Å². The predicted octanol–water partition coefficient (Wildman–Crippen LogP) is 3.83. The molecule has 7 nitrogen and oxygen atoms in total. The Hall–Kier alpha value is -3.49. The molecule has 174 valence electrons. The summed E-state index contributed by atoms with van der Waals surface area (Å²) in [4.78, 5) is 34.5. The smallest absolute Gasteiger partial charge is 0.267 e. The Labute approximate surface area is 201 Å². The Morgan fingerprint density at radius 3 is 2.65 bits per heavy atom. The van der Waals surface area contributed by atoms with Gasteiger partial charge in [-0.3, -0.25) is 9.59 Å². The molecule has 0 saturated carbocycles. The third kappa shape index (κ3) is 4.34. The summed E-state index contributed by atoms with van der Waals surface area (Å²) in [7, 11) is 0. The van der Waals surface area contributed by atoms with Gasteiger partial charge in [0.05, 0.1) is 36.3 Å². The van der Waals surface area contributed by atoms with Crippen LogP contribution in [0.2, 0.25) is 0 Å². The number of anilines is 1. The van der Waals surface area contributed by atoms with Crippen LogP contribution in [-0.4, -0.2) is 41.8 Å². The van der Waals surface area contributed by atoms with Crippen LogP contribution in [0.5, 0.6) is 0 Å². The molecular formula is C26H26N4O3S. The number of aryl methyl sites for hydroxylation is 2. The van der Waals surface area contributed by atoms with Crippen molar-refractivity contribution in [2.45, 2.75) is 20.4 Å². The number of nitrogens with one attached hydrogen (secondary N) is 1. The monoisotopic (exact) mass is 474 g/mol. The topological polar surface area (TPSA) is 76.5 Å². The highest BCUT2D eigenvalue weighted by atomic mass is 32.1. The van der Waals surface area contributed by atoms with Gasteiger partial charge in [-0.05, 0) is 66.8 Å². The molecule has 8 heteroatoms. The Kier molecular flexibility index (Phi) is 6.17. The minimum atomic E-state index is -0.191. The zero-order valence-corrected chi connectivity index (χ0v) is 20.0. The molecule has 1 saturated heterocycles. The molecule has 4 aromatic rings. The summed E-state index contributed by atoms with van der Waals surface area (Å²) in [5.41, 5.74) is 3.89. The van der Waals surface area contributed by atoms with E-state index in [0.717, 1.165) is 21.7 Å². The number of nitrogens with zero attached hydrogens (tertiary/aromatic N) is 3. The molecule has 2 aromatic heterocycles. The van der Waals surface area contributed by atoms with Gasteiger partial charge in [-0.25, -0.2) is 9.55 Å². The maximum Gasteiger partial charge on any atom is 0.267 e. The van der Waals surface area contributed by atoms with Crippen LogP contribution in [0.4, 0.5) is 5.95 Å². The first kappa shape index (κ1) is 22.3. The SMILES string of the molecule is Cc1ccc(-n2c(N3CCOCC3)nc3cc(C(=O)NCc4cccs4)ccc3c2=O)cc1C. The number of rotatable bonds is 5. The van der Waals surface area contributed by atoms with E-state index in [1.165, 1.54) is 0 Å². The summed E-state index contributed by atoms with van der Waals surface area (Å²) in [5.74, 6) is 0.378. The van der Waals surface area contributed by atoms with Crippen LogP contribution in [0.25, 0.3) is 16.6 Å². The maximum atomic E-state index is 13.7. The highest BCUT2D eigenvalue weighted by Gasteiger charge is 2.21. The summed E-state index contributed by atoms with van der Waals surface area (Å²) < 4.78 is 7.20. The molecule has 0 bridgehead atoms. The fourth-order valence-corrected chi connectivity index (χ4v) is 4.72. The molecule has 0 atom stereocenters. The average Bonchev–Trinajstić information content (AvgIpc) is 3.38. The predicted molar refractivity (Wildman–Crippen MR) is 135 cm³/mol. The van der Waals surface area contributed by atoms with Crippen molar-refractivity contribution in [3.63, 3.8) is 0 Å². The van der Waals surface area contributed by atoms with Crippen molar-refractivity contribution < 1.29 is 9.53 Å². The quantitative estimate of drug-likeness (QED) is 0.476. The Morgan fingerprint density at radius 1 is 1.09 bits per heavy atom. The fraction of sp³-hybridized carbons (Fsp3) is 0.269. The minimum Gasteiger partial charge on any atom is -0.378 e. The first-order chi connectivity index (χ1) is 16.5. The number of ether oxygens (including phenoxy) is 1. The number of benzene rings is 2. The Morgan fingerprint density at radius 2 is 1.91 bits per heavy atom. The van der Waals surface area contributed by atoms with Crippen molar-refractivity contribution in [3.05, 3.63) is 85.8 Å². The molecule has 1 N–H and O–H groups in total. The van der Waals surface area contributed by atoms with E-state index in [1.54, 1.807) is 34.1 Å². The molecular weight excluding hydrogens is 448 g/mol. The lowest BCUT2D eigenvalue weighted by atomic mass is 10.1. The lowest BCUT2D eigenvalue weighted by Gasteiger charge is -2.30. The third-order valence-corrected chi connectivity index (χ3v) is 7.04. The molecule has 1 amide bonds. The van der Waals surface area contributed by atoms with Gasteiger partial charge in [0.25, 0.3) is 11.5 Å². The molecule has 3 heterocycles. The lowest BCUT2D eigenvalue weighted by Crippen LogP contribution is -2.40. The maximum absolute atomic E-state index is 13.7. The molecule has 2 aromatic carbocycles. The Balaban J connectivity index is 1.59. The van der Waals surface area contributed by atoms with E-state index >= 15 is 0 Å². The molecule has 0 radical (unpaired) electrons. The summed E-state index contributed by atoms with van der Waals surface area (Å²) in [6, 6.07) is 15.0. The van der Waals surface area contributed by atoms with Gasteiger partial charge in [0.2, 0.25) is 5.95 Å². The average molecular weight is 475 g/mol. The van der Waals surface area contributed by atoms with E-state index in [9.17, 15) is 9.59 Å². The van der Waals surface area contributed by atoms with Crippen LogP contribution in [0.3, 0.4) is 0 Å². The third-order valence-electron chi connectivity index (χ3n) is 6.16. The van der Waals surface area contributed by atoms with Gasteiger partial charge in [0.1, 0.15) is 0 Å². The summed E-state index contributed by atoms with van der Waals surface area (Å²) in [6.07, 6.45) is 0. The number of morpholine rings is 1. The van der Waals surface area contributed by atoms with Crippen LogP contribution in [-0.2, 0) is 11.3 Å². The van der Waals surface area contributed by atoms with E-state index in [2.05, 4.69) is 17.1 Å². The van der Waals surface area contributed by atoms with Crippen molar-refractivity contribution in [3.8, 4) is 5.69 Å². The van der Waals surface area contributed by atoms with Gasteiger partial charge in [0.15, 0.2) is 0 Å².